The number of aliphatic carboxylic acids is 1. The molecule has 1 atom stereocenters. The Morgan fingerprint density at radius 3 is 1.55 bits per heavy atom. The topological polar surface area (TPSA) is 333 Å². The van der Waals surface area contributed by atoms with Gasteiger partial charge in [0.25, 0.3) is 11.5 Å². The van der Waals surface area contributed by atoms with E-state index in [1.165, 1.54) is 30.5 Å². The predicted octanol–water partition coefficient (Wildman–Crippen LogP) is -0.706. The molecule has 0 saturated heterocycles. The van der Waals surface area contributed by atoms with Crippen molar-refractivity contribution in [3.8, 4) is 0 Å². The standard InChI is InChI=1S/C44H69N9O16/c45-8-10-59-12-14-61-16-18-63-20-22-65-24-26-67-28-30-69-31-29-68-27-25-66-23-21-64-19-17-62-15-13-60-11-9-47-38(54)3-1-2-37(43(57)58)51-41(55)34-4-6-35(7-5-34)48-32-36-33-49-40-39(50-36)42(56)53-44(46)52-40/h1-2,4-7,33,37,48H,3,8-32,45H2,(H,47,54)(H,51,55)(H,57,58)(H3,46,49,52,53,56)/b2-1+. The first-order valence-electron chi connectivity index (χ1n) is 22.6. The molecule has 1 unspecified atom stereocenters. The molecule has 0 saturated carbocycles. The van der Waals surface area contributed by atoms with Crippen molar-refractivity contribution in [2.24, 2.45) is 5.73 Å². The molecule has 0 radical (unpaired) electrons. The van der Waals surface area contributed by atoms with E-state index < -0.39 is 23.5 Å². The Hall–Kier alpha value is -5.29. The van der Waals surface area contributed by atoms with E-state index in [0.29, 0.717) is 157 Å². The minimum absolute atomic E-state index is 0.0510. The lowest BCUT2D eigenvalue weighted by atomic mass is 10.1. The van der Waals surface area contributed by atoms with Crippen molar-refractivity contribution in [3.63, 3.8) is 0 Å². The molecule has 0 fully saturated rings. The van der Waals surface area contributed by atoms with Gasteiger partial charge in [-0.05, 0) is 24.3 Å². The van der Waals surface area contributed by atoms with E-state index in [-0.39, 0.29) is 54.7 Å². The molecule has 9 N–H and O–H groups in total. The van der Waals surface area contributed by atoms with Gasteiger partial charge in [-0.1, -0.05) is 12.2 Å². The van der Waals surface area contributed by atoms with Crippen molar-refractivity contribution in [3.05, 3.63) is 64.2 Å². The van der Waals surface area contributed by atoms with E-state index in [4.69, 9.17) is 63.6 Å². The van der Waals surface area contributed by atoms with Crippen LogP contribution in [0, 0.1) is 0 Å². The first kappa shape index (κ1) is 58.0. The lowest BCUT2D eigenvalue weighted by Crippen LogP contribution is -2.39. The van der Waals surface area contributed by atoms with Crippen molar-refractivity contribution < 1.29 is 71.6 Å². The quantitative estimate of drug-likeness (QED) is 0.0272. The van der Waals surface area contributed by atoms with Gasteiger partial charge in [-0.2, -0.15) is 4.98 Å². The van der Waals surface area contributed by atoms with Gasteiger partial charge in [0.1, 0.15) is 6.04 Å². The molecule has 0 spiro atoms. The molecular formula is C44H69N9O16. The molecule has 3 aromatic rings. The fraction of sp³-hybridized carbons (Fsp3) is 0.614. The van der Waals surface area contributed by atoms with Crippen LogP contribution in [0.2, 0.25) is 0 Å². The van der Waals surface area contributed by atoms with Crippen LogP contribution in [0.25, 0.3) is 11.2 Å². The van der Waals surface area contributed by atoms with Crippen LogP contribution in [0.3, 0.4) is 0 Å². The van der Waals surface area contributed by atoms with E-state index in [1.54, 1.807) is 12.1 Å². The zero-order valence-corrected chi connectivity index (χ0v) is 39.1. The van der Waals surface area contributed by atoms with Gasteiger partial charge >= 0.3 is 5.97 Å². The number of amides is 2. The molecule has 2 aromatic heterocycles. The highest BCUT2D eigenvalue weighted by Crippen LogP contribution is 2.12. The number of hydrogen-bond acceptors (Lipinski definition) is 21. The highest BCUT2D eigenvalue weighted by molar-refractivity contribution is 5.97. The number of carbonyl (C=O) groups excluding carboxylic acids is 2. The van der Waals surface area contributed by atoms with Gasteiger partial charge in [0.2, 0.25) is 11.9 Å². The van der Waals surface area contributed by atoms with Crippen LogP contribution >= 0.6 is 0 Å². The number of nitrogens with one attached hydrogen (secondary N) is 4. The van der Waals surface area contributed by atoms with Crippen molar-refractivity contribution >= 4 is 40.6 Å². The summed E-state index contributed by atoms with van der Waals surface area (Å²) in [7, 11) is 0. The second kappa shape index (κ2) is 38.5. The summed E-state index contributed by atoms with van der Waals surface area (Å²) < 4.78 is 59.8. The van der Waals surface area contributed by atoms with Crippen molar-refractivity contribution in [1.82, 2.24) is 30.6 Å². The molecule has 0 aliphatic rings. The third-order valence-corrected chi connectivity index (χ3v) is 8.84. The lowest BCUT2D eigenvalue weighted by Gasteiger charge is -2.12. The van der Waals surface area contributed by atoms with Crippen LogP contribution in [0.5, 0.6) is 0 Å². The Balaban J connectivity index is 1.04. The van der Waals surface area contributed by atoms with E-state index in [1.807, 2.05) is 0 Å². The summed E-state index contributed by atoms with van der Waals surface area (Å²) in [6, 6.07) is 4.92. The lowest BCUT2D eigenvalue weighted by molar-refractivity contribution is -0.138. The summed E-state index contributed by atoms with van der Waals surface area (Å²) in [4.78, 5) is 63.6. The number of ether oxygens (including phenoxy) is 11. The number of aromatic nitrogens is 4. The molecule has 1 aromatic carbocycles. The molecule has 2 heterocycles. The third kappa shape index (κ3) is 28.7. The summed E-state index contributed by atoms with van der Waals surface area (Å²) in [6.45, 7) is 10.9. The molecule has 0 bridgehead atoms. The van der Waals surface area contributed by atoms with E-state index in [2.05, 4.69) is 35.9 Å². The summed E-state index contributed by atoms with van der Waals surface area (Å²) in [6.07, 6.45) is 3.97. The first-order chi connectivity index (χ1) is 33.8. The van der Waals surface area contributed by atoms with Crippen LogP contribution in [0.1, 0.15) is 22.5 Å². The van der Waals surface area contributed by atoms with E-state index in [0.717, 1.165) is 0 Å². The van der Waals surface area contributed by atoms with Crippen LogP contribution in [0.15, 0.2) is 47.4 Å². The molecule has 386 valence electrons. The molecular weight excluding hydrogens is 911 g/mol. The van der Waals surface area contributed by atoms with Gasteiger partial charge in [-0.3, -0.25) is 19.4 Å². The van der Waals surface area contributed by atoms with Crippen molar-refractivity contribution in [2.75, 3.05) is 169 Å². The number of nitrogens with two attached hydrogens (primary N) is 2. The Morgan fingerprint density at radius 2 is 1.10 bits per heavy atom. The monoisotopic (exact) mass is 979 g/mol. The third-order valence-electron chi connectivity index (χ3n) is 8.84. The number of H-pyrrole nitrogens is 1. The Labute approximate surface area is 400 Å². The fourth-order valence-corrected chi connectivity index (χ4v) is 5.44. The molecule has 3 rings (SSSR count). The fourth-order valence-electron chi connectivity index (χ4n) is 5.44. The van der Waals surface area contributed by atoms with Crippen LogP contribution in [0.4, 0.5) is 11.6 Å². The van der Waals surface area contributed by atoms with Gasteiger partial charge in [0, 0.05) is 30.8 Å². The molecule has 25 heteroatoms. The Kier molecular flexibility index (Phi) is 32.4. The Bertz CT molecular complexity index is 1930. The van der Waals surface area contributed by atoms with Crippen LogP contribution in [-0.4, -0.2) is 207 Å². The van der Waals surface area contributed by atoms with Gasteiger partial charge in [0.15, 0.2) is 11.2 Å². The second-order valence-electron chi connectivity index (χ2n) is 14.2. The molecule has 69 heavy (non-hydrogen) atoms. The van der Waals surface area contributed by atoms with Gasteiger partial charge in [-0.15, -0.1) is 0 Å². The zero-order valence-electron chi connectivity index (χ0n) is 39.1. The number of nitrogen functional groups attached to an aromatic ring is 1. The summed E-state index contributed by atoms with van der Waals surface area (Å²) in [5, 5.41) is 17.8. The number of aromatic amines is 1. The SMILES string of the molecule is NCCOCCOCCOCCOCCOCCOCCOCCOCCOCCOCCOCCNC(=O)C/C=C/C(NC(=O)c1ccc(NCc2cnc3nc(N)[nH]c(=O)c3n2)cc1)C(=O)O. The number of carboxylic acids is 1. The average Bonchev–Trinajstić information content (AvgIpc) is 3.34. The minimum Gasteiger partial charge on any atom is -0.479 e. The maximum atomic E-state index is 12.8. The zero-order chi connectivity index (χ0) is 49.4. The number of carbonyl (C=O) groups is 3. The van der Waals surface area contributed by atoms with Crippen molar-refractivity contribution in [1.29, 1.82) is 0 Å². The number of hydrogen-bond donors (Lipinski definition) is 7. The second-order valence-corrected chi connectivity index (χ2v) is 14.2. The van der Waals surface area contributed by atoms with Gasteiger partial charge < -0.3 is 84.6 Å². The predicted molar refractivity (Wildman–Crippen MR) is 250 cm³/mol. The highest BCUT2D eigenvalue weighted by Gasteiger charge is 2.18. The molecule has 25 nitrogen and oxygen atoms in total. The Morgan fingerprint density at radius 1 is 0.652 bits per heavy atom. The first-order valence-corrected chi connectivity index (χ1v) is 22.6. The summed E-state index contributed by atoms with van der Waals surface area (Å²) in [5.41, 5.74) is 11.9. The minimum atomic E-state index is -1.36. The van der Waals surface area contributed by atoms with Gasteiger partial charge in [-0.25, -0.2) is 14.8 Å². The normalized spacial score (nSPS) is 11.9. The maximum absolute atomic E-state index is 12.8. The number of rotatable bonds is 44. The van der Waals surface area contributed by atoms with Crippen LogP contribution in [-0.2, 0) is 68.2 Å². The molecule has 0 aliphatic carbocycles. The number of carboxylic acid groups (broad SMARTS) is 1. The molecule has 0 aliphatic heterocycles. The number of anilines is 2. The van der Waals surface area contributed by atoms with E-state index >= 15 is 0 Å². The van der Waals surface area contributed by atoms with E-state index in [9.17, 15) is 24.3 Å². The average molecular weight is 980 g/mol. The smallest absolute Gasteiger partial charge is 0.330 e. The number of fused-ring (bicyclic) bond motifs is 1. The maximum Gasteiger partial charge on any atom is 0.330 e. The van der Waals surface area contributed by atoms with Crippen molar-refractivity contribution in [2.45, 2.75) is 19.0 Å². The highest BCUT2D eigenvalue weighted by atomic mass is 16.6. The van der Waals surface area contributed by atoms with Crippen LogP contribution < -0.4 is 33.0 Å². The molecule has 2 amide bonds. The number of nitrogens with zero attached hydrogens (tertiary/aromatic N) is 3. The summed E-state index contributed by atoms with van der Waals surface area (Å²) >= 11 is 0. The van der Waals surface area contributed by atoms with Gasteiger partial charge in [0.05, 0.1) is 164 Å². The largest absolute Gasteiger partial charge is 0.479 e. The summed E-state index contributed by atoms with van der Waals surface area (Å²) in [5.74, 6) is -2.32. The number of benzene rings is 1.